The van der Waals surface area contributed by atoms with Gasteiger partial charge < -0.3 is 19.5 Å². The minimum absolute atomic E-state index is 0.156. The number of nitrogens with zero attached hydrogens (tertiary/aromatic N) is 3. The van der Waals surface area contributed by atoms with E-state index in [0.717, 1.165) is 32.8 Å². The Morgan fingerprint density at radius 1 is 1.32 bits per heavy atom. The molecule has 1 N–H and O–H groups in total. The van der Waals surface area contributed by atoms with E-state index in [-0.39, 0.29) is 11.5 Å². The van der Waals surface area contributed by atoms with Gasteiger partial charge in [-0.15, -0.1) is 0 Å². The Morgan fingerprint density at radius 3 is 2.84 bits per heavy atom. The standard InChI is InChI=1S/C13H22N4O2/c1-13(2)4-3-5-14-10(13)11-15-12(16-19-11)17-6-8-18-9-7-17/h10,14H,3-9H2,1-2H3. The van der Waals surface area contributed by atoms with Crippen molar-refractivity contribution < 1.29 is 9.26 Å². The maximum atomic E-state index is 5.49. The lowest BCUT2D eigenvalue weighted by Gasteiger charge is -2.36. The molecule has 2 fully saturated rings. The van der Waals surface area contributed by atoms with E-state index in [1.54, 1.807) is 0 Å². The summed E-state index contributed by atoms with van der Waals surface area (Å²) in [5.74, 6) is 1.41. The number of aromatic nitrogens is 2. The van der Waals surface area contributed by atoms with Gasteiger partial charge in [0.05, 0.1) is 19.3 Å². The molecule has 0 amide bonds. The molecule has 0 aliphatic carbocycles. The molecule has 0 bridgehead atoms. The van der Waals surface area contributed by atoms with E-state index in [1.807, 2.05) is 0 Å². The number of piperidine rings is 1. The maximum absolute atomic E-state index is 5.49. The summed E-state index contributed by atoms with van der Waals surface area (Å²) in [6, 6.07) is 0.156. The van der Waals surface area contributed by atoms with Crippen LogP contribution in [0, 0.1) is 5.41 Å². The van der Waals surface area contributed by atoms with Crippen molar-refractivity contribution >= 4 is 5.95 Å². The van der Waals surface area contributed by atoms with Crippen LogP contribution in [-0.2, 0) is 4.74 Å². The SMILES string of the molecule is CC1(C)CCCNC1c1nc(N2CCOCC2)no1. The minimum Gasteiger partial charge on any atom is -0.378 e. The van der Waals surface area contributed by atoms with Crippen molar-refractivity contribution in [2.75, 3.05) is 37.7 Å². The lowest BCUT2D eigenvalue weighted by atomic mass is 9.77. The quantitative estimate of drug-likeness (QED) is 0.872. The highest BCUT2D eigenvalue weighted by Crippen LogP contribution is 2.39. The fourth-order valence-electron chi connectivity index (χ4n) is 2.87. The zero-order valence-electron chi connectivity index (χ0n) is 11.7. The van der Waals surface area contributed by atoms with Crippen molar-refractivity contribution in [3.05, 3.63) is 5.89 Å². The van der Waals surface area contributed by atoms with Crippen LogP contribution in [0.3, 0.4) is 0 Å². The number of nitrogens with one attached hydrogen (secondary N) is 1. The van der Waals surface area contributed by atoms with Crippen LogP contribution in [0.25, 0.3) is 0 Å². The molecule has 0 aromatic carbocycles. The first-order chi connectivity index (χ1) is 9.17. The smallest absolute Gasteiger partial charge is 0.266 e. The molecular formula is C13H22N4O2. The van der Waals surface area contributed by atoms with Crippen molar-refractivity contribution in [1.29, 1.82) is 0 Å². The summed E-state index contributed by atoms with van der Waals surface area (Å²) < 4.78 is 10.8. The number of morpholine rings is 1. The first-order valence-corrected chi connectivity index (χ1v) is 7.06. The summed E-state index contributed by atoms with van der Waals surface area (Å²) in [5, 5.41) is 7.63. The van der Waals surface area contributed by atoms with E-state index in [9.17, 15) is 0 Å². The molecule has 1 atom stereocenters. The molecule has 6 heteroatoms. The summed E-state index contributed by atoms with van der Waals surface area (Å²) >= 11 is 0. The van der Waals surface area contributed by atoms with Gasteiger partial charge in [-0.2, -0.15) is 4.98 Å². The summed E-state index contributed by atoms with van der Waals surface area (Å²) in [7, 11) is 0. The Bertz CT molecular complexity index is 426. The Labute approximate surface area is 113 Å². The number of rotatable bonds is 2. The van der Waals surface area contributed by atoms with Gasteiger partial charge in [-0.05, 0) is 30.0 Å². The number of hydrogen-bond donors (Lipinski definition) is 1. The highest BCUT2D eigenvalue weighted by atomic mass is 16.5. The predicted molar refractivity (Wildman–Crippen MR) is 71.1 cm³/mol. The molecule has 106 valence electrons. The van der Waals surface area contributed by atoms with Crippen molar-refractivity contribution in [2.45, 2.75) is 32.7 Å². The van der Waals surface area contributed by atoms with Gasteiger partial charge in [-0.25, -0.2) is 0 Å². The van der Waals surface area contributed by atoms with Crippen LogP contribution in [0.2, 0.25) is 0 Å². The molecule has 2 aliphatic rings. The Balaban J connectivity index is 1.76. The van der Waals surface area contributed by atoms with Gasteiger partial charge in [0, 0.05) is 13.1 Å². The third-order valence-electron chi connectivity index (χ3n) is 4.10. The Morgan fingerprint density at radius 2 is 2.11 bits per heavy atom. The summed E-state index contributed by atoms with van der Waals surface area (Å²) in [6.07, 6.45) is 2.38. The van der Waals surface area contributed by atoms with Crippen LogP contribution in [0.5, 0.6) is 0 Å². The number of ether oxygens (including phenoxy) is 1. The van der Waals surface area contributed by atoms with E-state index < -0.39 is 0 Å². The van der Waals surface area contributed by atoms with Crippen molar-refractivity contribution in [3.63, 3.8) is 0 Å². The highest BCUT2D eigenvalue weighted by molar-refractivity contribution is 5.28. The van der Waals surface area contributed by atoms with Crippen LogP contribution < -0.4 is 10.2 Å². The van der Waals surface area contributed by atoms with Crippen LogP contribution in [-0.4, -0.2) is 43.0 Å². The van der Waals surface area contributed by atoms with Crippen molar-refractivity contribution in [2.24, 2.45) is 5.41 Å². The second kappa shape index (κ2) is 5.09. The van der Waals surface area contributed by atoms with Crippen LogP contribution >= 0.6 is 0 Å². The average molecular weight is 266 g/mol. The molecule has 2 saturated heterocycles. The van der Waals surface area contributed by atoms with Gasteiger partial charge in [0.1, 0.15) is 0 Å². The Kier molecular flexibility index (Phi) is 3.45. The monoisotopic (exact) mass is 266 g/mol. The van der Waals surface area contributed by atoms with E-state index >= 15 is 0 Å². The molecule has 1 unspecified atom stereocenters. The van der Waals surface area contributed by atoms with E-state index in [1.165, 1.54) is 12.8 Å². The van der Waals surface area contributed by atoms with Gasteiger partial charge >= 0.3 is 0 Å². The summed E-state index contributed by atoms with van der Waals surface area (Å²) in [6.45, 7) is 8.66. The molecule has 0 saturated carbocycles. The second-order valence-electron chi connectivity index (χ2n) is 6.01. The molecular weight excluding hydrogens is 244 g/mol. The molecule has 6 nitrogen and oxygen atoms in total. The third kappa shape index (κ3) is 2.60. The number of anilines is 1. The fourth-order valence-corrected chi connectivity index (χ4v) is 2.87. The van der Waals surface area contributed by atoms with E-state index in [2.05, 4.69) is 34.2 Å². The van der Waals surface area contributed by atoms with Crippen LogP contribution in [0.1, 0.15) is 38.6 Å². The first-order valence-electron chi connectivity index (χ1n) is 7.06. The van der Waals surface area contributed by atoms with Crippen molar-refractivity contribution in [1.82, 2.24) is 15.5 Å². The summed E-state index contributed by atoms with van der Waals surface area (Å²) in [5.41, 5.74) is 0.160. The molecule has 19 heavy (non-hydrogen) atoms. The molecule has 3 rings (SSSR count). The van der Waals surface area contributed by atoms with Gasteiger partial charge in [0.15, 0.2) is 0 Å². The largest absolute Gasteiger partial charge is 0.378 e. The Hall–Kier alpha value is -1.14. The van der Waals surface area contributed by atoms with Crippen LogP contribution in [0.4, 0.5) is 5.95 Å². The zero-order chi connectivity index (χ0) is 13.3. The normalized spacial score (nSPS) is 27.5. The predicted octanol–water partition coefficient (Wildman–Crippen LogP) is 1.36. The second-order valence-corrected chi connectivity index (χ2v) is 6.01. The van der Waals surface area contributed by atoms with Crippen LogP contribution in [0.15, 0.2) is 4.52 Å². The molecule has 0 spiro atoms. The molecule has 3 heterocycles. The molecule has 1 aromatic rings. The zero-order valence-corrected chi connectivity index (χ0v) is 11.7. The van der Waals surface area contributed by atoms with Gasteiger partial charge in [-0.1, -0.05) is 13.8 Å². The van der Waals surface area contributed by atoms with E-state index in [0.29, 0.717) is 11.8 Å². The van der Waals surface area contributed by atoms with Gasteiger partial charge in [0.2, 0.25) is 5.89 Å². The fraction of sp³-hybridized carbons (Fsp3) is 0.846. The first kappa shape index (κ1) is 12.9. The highest BCUT2D eigenvalue weighted by Gasteiger charge is 2.37. The lowest BCUT2D eigenvalue weighted by molar-refractivity contribution is 0.121. The number of hydrogen-bond acceptors (Lipinski definition) is 6. The molecule has 2 aliphatic heterocycles. The van der Waals surface area contributed by atoms with Crippen molar-refractivity contribution in [3.8, 4) is 0 Å². The molecule has 1 aromatic heterocycles. The minimum atomic E-state index is 0.156. The topological polar surface area (TPSA) is 63.4 Å². The lowest BCUT2D eigenvalue weighted by Crippen LogP contribution is -2.40. The van der Waals surface area contributed by atoms with Gasteiger partial charge in [0.25, 0.3) is 5.95 Å². The van der Waals surface area contributed by atoms with E-state index in [4.69, 9.17) is 9.26 Å². The molecule has 0 radical (unpaired) electrons. The maximum Gasteiger partial charge on any atom is 0.266 e. The van der Waals surface area contributed by atoms with Gasteiger partial charge in [-0.3, -0.25) is 0 Å². The average Bonchev–Trinajstić information content (AvgIpc) is 2.88. The summed E-state index contributed by atoms with van der Waals surface area (Å²) in [4.78, 5) is 6.70. The third-order valence-corrected chi connectivity index (χ3v) is 4.10.